The average molecular weight is 185 g/mol. The third-order valence-electron chi connectivity index (χ3n) is 1.41. The molecule has 0 atom stereocenters. The van der Waals surface area contributed by atoms with Crippen molar-refractivity contribution in [3.63, 3.8) is 0 Å². The standard InChI is InChI=1S/C7H9ClN4/c1-4(9)5-6(8)11-3-12-7(5)10-2/h3,9H,1-2H3,(H,10,11,12). The molecule has 0 aliphatic heterocycles. The second-order valence-corrected chi connectivity index (χ2v) is 2.62. The highest BCUT2D eigenvalue weighted by molar-refractivity contribution is 6.33. The fraction of sp³-hybridized carbons (Fsp3) is 0.286. The second kappa shape index (κ2) is 3.49. The summed E-state index contributed by atoms with van der Waals surface area (Å²) in [6, 6.07) is 0. The smallest absolute Gasteiger partial charge is 0.143 e. The zero-order valence-electron chi connectivity index (χ0n) is 6.85. The number of nitrogens with one attached hydrogen (secondary N) is 2. The molecule has 0 radical (unpaired) electrons. The van der Waals surface area contributed by atoms with Crippen molar-refractivity contribution in [2.75, 3.05) is 12.4 Å². The van der Waals surface area contributed by atoms with Crippen LogP contribution in [0, 0.1) is 5.41 Å². The van der Waals surface area contributed by atoms with E-state index < -0.39 is 0 Å². The Morgan fingerprint density at radius 2 is 2.25 bits per heavy atom. The molecule has 0 spiro atoms. The van der Waals surface area contributed by atoms with Gasteiger partial charge in [-0.05, 0) is 6.92 Å². The van der Waals surface area contributed by atoms with E-state index in [1.807, 2.05) is 0 Å². The summed E-state index contributed by atoms with van der Waals surface area (Å²) in [5.74, 6) is 0.586. The summed E-state index contributed by atoms with van der Waals surface area (Å²) in [6.07, 6.45) is 1.36. The van der Waals surface area contributed by atoms with Gasteiger partial charge < -0.3 is 10.7 Å². The first-order valence-electron chi connectivity index (χ1n) is 3.40. The van der Waals surface area contributed by atoms with Crippen molar-refractivity contribution in [3.8, 4) is 0 Å². The van der Waals surface area contributed by atoms with Gasteiger partial charge >= 0.3 is 0 Å². The van der Waals surface area contributed by atoms with Crippen LogP contribution in [-0.4, -0.2) is 22.7 Å². The molecule has 0 amide bonds. The monoisotopic (exact) mass is 184 g/mol. The number of nitrogens with zero attached hydrogens (tertiary/aromatic N) is 2. The Kier molecular flexibility index (Phi) is 2.60. The SMILES string of the molecule is CNc1ncnc(Cl)c1C(C)=N. The minimum absolute atomic E-state index is 0.307. The molecule has 2 N–H and O–H groups in total. The lowest BCUT2D eigenvalue weighted by Crippen LogP contribution is -2.04. The molecule has 0 fully saturated rings. The maximum atomic E-state index is 7.42. The predicted octanol–water partition coefficient (Wildman–Crippen LogP) is 1.56. The van der Waals surface area contributed by atoms with E-state index in [2.05, 4.69) is 15.3 Å². The van der Waals surface area contributed by atoms with Crippen molar-refractivity contribution in [2.45, 2.75) is 6.92 Å². The van der Waals surface area contributed by atoms with Gasteiger partial charge in [-0.1, -0.05) is 11.6 Å². The van der Waals surface area contributed by atoms with E-state index in [0.29, 0.717) is 22.2 Å². The molecule has 12 heavy (non-hydrogen) atoms. The fourth-order valence-electron chi connectivity index (χ4n) is 0.886. The number of hydrogen-bond acceptors (Lipinski definition) is 4. The molecule has 1 rings (SSSR count). The molecule has 0 aromatic carbocycles. The van der Waals surface area contributed by atoms with Crippen LogP contribution in [0.5, 0.6) is 0 Å². The molecule has 0 aliphatic rings. The third kappa shape index (κ3) is 1.53. The van der Waals surface area contributed by atoms with Gasteiger partial charge in [0.05, 0.1) is 5.56 Å². The molecule has 5 heteroatoms. The maximum Gasteiger partial charge on any atom is 0.143 e. The molecule has 64 valence electrons. The van der Waals surface area contributed by atoms with Gasteiger partial charge in [0.1, 0.15) is 17.3 Å². The summed E-state index contributed by atoms with van der Waals surface area (Å²) in [6.45, 7) is 1.64. The van der Waals surface area contributed by atoms with Crippen LogP contribution in [0.3, 0.4) is 0 Å². The topological polar surface area (TPSA) is 61.7 Å². The van der Waals surface area contributed by atoms with E-state index in [9.17, 15) is 0 Å². The number of rotatable bonds is 2. The lowest BCUT2D eigenvalue weighted by atomic mass is 10.2. The van der Waals surface area contributed by atoms with Crippen LogP contribution in [0.15, 0.2) is 6.33 Å². The quantitative estimate of drug-likeness (QED) is 0.542. The van der Waals surface area contributed by atoms with Crippen LogP contribution >= 0.6 is 11.6 Å². The molecular weight excluding hydrogens is 176 g/mol. The fourth-order valence-corrected chi connectivity index (χ4v) is 1.16. The molecule has 0 aliphatic carbocycles. The molecule has 0 bridgehead atoms. The predicted molar refractivity (Wildman–Crippen MR) is 49.1 cm³/mol. The Bertz CT molecular complexity index is 310. The van der Waals surface area contributed by atoms with Gasteiger partial charge in [0.25, 0.3) is 0 Å². The minimum atomic E-state index is 0.307. The van der Waals surface area contributed by atoms with Crippen molar-refractivity contribution in [3.05, 3.63) is 17.0 Å². The summed E-state index contributed by atoms with van der Waals surface area (Å²) in [4.78, 5) is 7.71. The zero-order chi connectivity index (χ0) is 9.14. The first-order valence-corrected chi connectivity index (χ1v) is 3.78. The van der Waals surface area contributed by atoms with Gasteiger partial charge in [-0.15, -0.1) is 0 Å². The zero-order valence-corrected chi connectivity index (χ0v) is 7.61. The van der Waals surface area contributed by atoms with E-state index in [-0.39, 0.29) is 0 Å². The van der Waals surface area contributed by atoms with Gasteiger partial charge in [-0.25, -0.2) is 9.97 Å². The van der Waals surface area contributed by atoms with Crippen LogP contribution in [-0.2, 0) is 0 Å². The van der Waals surface area contributed by atoms with Crippen LogP contribution in [0.25, 0.3) is 0 Å². The van der Waals surface area contributed by atoms with Crippen molar-refractivity contribution >= 4 is 23.1 Å². The van der Waals surface area contributed by atoms with Crippen LogP contribution in [0.1, 0.15) is 12.5 Å². The molecule has 4 nitrogen and oxygen atoms in total. The number of hydrogen-bond donors (Lipinski definition) is 2. The van der Waals surface area contributed by atoms with Crippen molar-refractivity contribution < 1.29 is 0 Å². The van der Waals surface area contributed by atoms with Gasteiger partial charge in [0.2, 0.25) is 0 Å². The summed E-state index contributed by atoms with van der Waals surface area (Å²) in [5, 5.41) is 10.6. The van der Waals surface area contributed by atoms with Crippen LogP contribution in [0.4, 0.5) is 5.82 Å². The molecule has 0 saturated carbocycles. The van der Waals surface area contributed by atoms with Crippen molar-refractivity contribution in [2.24, 2.45) is 0 Å². The van der Waals surface area contributed by atoms with E-state index in [1.165, 1.54) is 6.33 Å². The number of halogens is 1. The highest BCUT2D eigenvalue weighted by Crippen LogP contribution is 2.19. The Morgan fingerprint density at radius 3 is 2.67 bits per heavy atom. The number of anilines is 1. The van der Waals surface area contributed by atoms with Crippen LogP contribution in [0.2, 0.25) is 5.15 Å². The molecule has 0 saturated heterocycles. The average Bonchev–Trinajstić information content (AvgIpc) is 2.03. The van der Waals surface area contributed by atoms with Gasteiger partial charge in [-0.2, -0.15) is 0 Å². The van der Waals surface area contributed by atoms with Gasteiger partial charge in [0, 0.05) is 12.8 Å². The van der Waals surface area contributed by atoms with Gasteiger partial charge in [0.15, 0.2) is 0 Å². The molecule has 1 heterocycles. The Balaban J connectivity index is 3.29. The molecule has 0 unspecified atom stereocenters. The molecule has 1 aromatic heterocycles. The summed E-state index contributed by atoms with van der Waals surface area (Å²) in [5.41, 5.74) is 0.909. The second-order valence-electron chi connectivity index (χ2n) is 2.26. The van der Waals surface area contributed by atoms with Crippen molar-refractivity contribution in [1.82, 2.24) is 9.97 Å². The summed E-state index contributed by atoms with van der Waals surface area (Å²) >= 11 is 5.77. The van der Waals surface area contributed by atoms with Crippen LogP contribution < -0.4 is 5.32 Å². The Hall–Kier alpha value is -1.16. The Labute approximate surface area is 75.5 Å². The lowest BCUT2D eigenvalue weighted by Gasteiger charge is -2.06. The summed E-state index contributed by atoms with van der Waals surface area (Å²) < 4.78 is 0. The highest BCUT2D eigenvalue weighted by Gasteiger charge is 2.09. The van der Waals surface area contributed by atoms with E-state index in [1.54, 1.807) is 14.0 Å². The van der Waals surface area contributed by atoms with Crippen molar-refractivity contribution in [1.29, 1.82) is 5.41 Å². The Morgan fingerprint density at radius 1 is 1.58 bits per heavy atom. The lowest BCUT2D eigenvalue weighted by molar-refractivity contribution is 1.15. The molecular formula is C7H9ClN4. The first kappa shape index (κ1) is 8.93. The minimum Gasteiger partial charge on any atom is -0.372 e. The van der Waals surface area contributed by atoms with Gasteiger partial charge in [-0.3, -0.25) is 0 Å². The highest BCUT2D eigenvalue weighted by atomic mass is 35.5. The molecule has 1 aromatic rings. The first-order chi connectivity index (χ1) is 5.66. The normalized spacial score (nSPS) is 9.58. The van der Waals surface area contributed by atoms with E-state index in [4.69, 9.17) is 17.0 Å². The number of aromatic nitrogens is 2. The maximum absolute atomic E-state index is 7.42. The van der Waals surface area contributed by atoms with E-state index >= 15 is 0 Å². The third-order valence-corrected chi connectivity index (χ3v) is 1.70. The largest absolute Gasteiger partial charge is 0.372 e. The van der Waals surface area contributed by atoms with E-state index in [0.717, 1.165) is 0 Å². The summed E-state index contributed by atoms with van der Waals surface area (Å²) in [7, 11) is 1.73.